The lowest BCUT2D eigenvalue weighted by Crippen LogP contribution is -1.92. The SMILES string of the molecule is Nc1cc(N=O)c(O)c(N)c1O. The van der Waals surface area contributed by atoms with Gasteiger partial charge in [0.25, 0.3) is 0 Å². The second-order valence-corrected chi connectivity index (χ2v) is 2.19. The van der Waals surface area contributed by atoms with E-state index >= 15 is 0 Å². The van der Waals surface area contributed by atoms with E-state index in [0.29, 0.717) is 0 Å². The number of benzene rings is 1. The predicted octanol–water partition coefficient (Wildman–Crippen LogP) is 0.660. The van der Waals surface area contributed by atoms with Crippen LogP contribution in [0.4, 0.5) is 17.1 Å². The van der Waals surface area contributed by atoms with E-state index in [2.05, 4.69) is 5.18 Å². The molecule has 0 heterocycles. The Labute approximate surface area is 67.4 Å². The Hall–Kier alpha value is -1.98. The number of aromatic hydroxyl groups is 2. The van der Waals surface area contributed by atoms with Gasteiger partial charge in [-0.25, -0.2) is 0 Å². The summed E-state index contributed by atoms with van der Waals surface area (Å²) in [4.78, 5) is 10.0. The molecule has 0 atom stereocenters. The Balaban J connectivity index is 3.49. The molecule has 0 bridgehead atoms. The fourth-order valence-electron chi connectivity index (χ4n) is 0.759. The van der Waals surface area contributed by atoms with Crippen LogP contribution in [0.2, 0.25) is 0 Å². The van der Waals surface area contributed by atoms with Crippen molar-refractivity contribution in [2.45, 2.75) is 0 Å². The zero-order chi connectivity index (χ0) is 9.30. The minimum Gasteiger partial charge on any atom is -0.504 e. The summed E-state index contributed by atoms with van der Waals surface area (Å²) in [6.07, 6.45) is 0. The number of nitroso groups, excluding NO2 is 1. The molecule has 0 amide bonds. The molecule has 0 saturated heterocycles. The zero-order valence-corrected chi connectivity index (χ0v) is 5.98. The number of phenolic OH excluding ortho intramolecular Hbond substituents is 2. The van der Waals surface area contributed by atoms with E-state index in [1.165, 1.54) is 0 Å². The van der Waals surface area contributed by atoms with Crippen molar-refractivity contribution >= 4 is 17.1 Å². The molecule has 12 heavy (non-hydrogen) atoms. The van der Waals surface area contributed by atoms with E-state index in [0.717, 1.165) is 6.07 Å². The second-order valence-electron chi connectivity index (χ2n) is 2.19. The molecule has 1 aromatic rings. The van der Waals surface area contributed by atoms with E-state index in [-0.39, 0.29) is 17.1 Å². The molecule has 0 aliphatic heterocycles. The van der Waals surface area contributed by atoms with Gasteiger partial charge in [-0.05, 0) is 11.2 Å². The van der Waals surface area contributed by atoms with Crippen molar-refractivity contribution in [2.24, 2.45) is 5.18 Å². The summed E-state index contributed by atoms with van der Waals surface area (Å²) < 4.78 is 0. The highest BCUT2D eigenvalue weighted by atomic mass is 16.3. The summed E-state index contributed by atoms with van der Waals surface area (Å²) in [7, 11) is 0. The fourth-order valence-corrected chi connectivity index (χ4v) is 0.759. The van der Waals surface area contributed by atoms with E-state index in [9.17, 15) is 4.91 Å². The van der Waals surface area contributed by atoms with Crippen LogP contribution in [0.5, 0.6) is 11.5 Å². The van der Waals surface area contributed by atoms with Crippen molar-refractivity contribution in [3.8, 4) is 11.5 Å². The molecule has 0 radical (unpaired) electrons. The molecule has 0 saturated carbocycles. The van der Waals surface area contributed by atoms with E-state index in [4.69, 9.17) is 21.7 Å². The Kier molecular flexibility index (Phi) is 1.74. The average Bonchev–Trinajstić information content (AvgIpc) is 2.08. The number of nitrogen functional groups attached to an aromatic ring is 2. The number of anilines is 2. The van der Waals surface area contributed by atoms with Gasteiger partial charge in [-0.2, -0.15) is 0 Å². The molecule has 0 aliphatic carbocycles. The number of nitrogens with zero attached hydrogens (tertiary/aromatic N) is 1. The Morgan fingerprint density at radius 1 is 1.25 bits per heavy atom. The first-order valence-electron chi connectivity index (χ1n) is 3.01. The molecule has 1 rings (SSSR count). The monoisotopic (exact) mass is 169 g/mol. The van der Waals surface area contributed by atoms with E-state index in [1.54, 1.807) is 0 Å². The molecule has 1 aromatic carbocycles. The van der Waals surface area contributed by atoms with Crippen molar-refractivity contribution in [1.29, 1.82) is 0 Å². The third kappa shape index (κ3) is 0.986. The highest BCUT2D eigenvalue weighted by Gasteiger charge is 2.13. The third-order valence-electron chi connectivity index (χ3n) is 1.42. The van der Waals surface area contributed by atoms with Crippen molar-refractivity contribution in [3.05, 3.63) is 11.0 Å². The molecule has 64 valence electrons. The van der Waals surface area contributed by atoms with Gasteiger partial charge >= 0.3 is 0 Å². The lowest BCUT2D eigenvalue weighted by atomic mass is 10.2. The largest absolute Gasteiger partial charge is 0.504 e. The molecule has 0 unspecified atom stereocenters. The highest BCUT2D eigenvalue weighted by molar-refractivity contribution is 5.80. The van der Waals surface area contributed by atoms with Gasteiger partial charge in [-0.1, -0.05) is 0 Å². The van der Waals surface area contributed by atoms with Crippen LogP contribution >= 0.6 is 0 Å². The minimum atomic E-state index is -0.559. The Morgan fingerprint density at radius 2 is 1.83 bits per heavy atom. The van der Waals surface area contributed by atoms with Crippen molar-refractivity contribution < 1.29 is 10.2 Å². The molecular formula is C6H7N3O3. The molecule has 0 fully saturated rings. The lowest BCUT2D eigenvalue weighted by Gasteiger charge is -2.05. The van der Waals surface area contributed by atoms with Gasteiger partial charge in [-0.15, -0.1) is 4.91 Å². The number of rotatable bonds is 1. The fraction of sp³-hybridized carbons (Fsp3) is 0. The van der Waals surface area contributed by atoms with E-state index < -0.39 is 11.5 Å². The van der Waals surface area contributed by atoms with Crippen LogP contribution in [0.25, 0.3) is 0 Å². The molecule has 6 nitrogen and oxygen atoms in total. The number of phenols is 2. The van der Waals surface area contributed by atoms with Crippen molar-refractivity contribution in [3.63, 3.8) is 0 Å². The maximum Gasteiger partial charge on any atom is 0.172 e. The van der Waals surface area contributed by atoms with Crippen molar-refractivity contribution in [1.82, 2.24) is 0 Å². The Bertz CT molecular complexity index is 337. The van der Waals surface area contributed by atoms with Crippen LogP contribution in [0, 0.1) is 4.91 Å². The molecule has 6 heteroatoms. The molecule has 0 spiro atoms. The van der Waals surface area contributed by atoms with E-state index in [1.807, 2.05) is 0 Å². The minimum absolute atomic E-state index is 0.0973. The summed E-state index contributed by atoms with van der Waals surface area (Å²) >= 11 is 0. The second kappa shape index (κ2) is 2.57. The van der Waals surface area contributed by atoms with Crippen LogP contribution in [0.1, 0.15) is 0 Å². The highest BCUT2D eigenvalue weighted by Crippen LogP contribution is 2.42. The summed E-state index contributed by atoms with van der Waals surface area (Å²) in [5.41, 5.74) is 9.68. The first kappa shape index (κ1) is 8.12. The summed E-state index contributed by atoms with van der Waals surface area (Å²) in [5, 5.41) is 20.6. The zero-order valence-electron chi connectivity index (χ0n) is 5.98. The van der Waals surface area contributed by atoms with Crippen LogP contribution < -0.4 is 11.5 Å². The first-order chi connectivity index (χ1) is 5.57. The van der Waals surface area contributed by atoms with Crippen molar-refractivity contribution in [2.75, 3.05) is 11.5 Å². The number of hydrogen-bond acceptors (Lipinski definition) is 6. The third-order valence-corrected chi connectivity index (χ3v) is 1.42. The number of hydrogen-bond donors (Lipinski definition) is 4. The molecule has 6 N–H and O–H groups in total. The van der Waals surface area contributed by atoms with Gasteiger partial charge in [-0.3, -0.25) is 0 Å². The lowest BCUT2D eigenvalue weighted by molar-refractivity contribution is 0.458. The summed E-state index contributed by atoms with van der Waals surface area (Å²) in [6, 6.07) is 1.04. The van der Waals surface area contributed by atoms with Crippen LogP contribution in [-0.2, 0) is 0 Å². The van der Waals surface area contributed by atoms with Gasteiger partial charge in [0.05, 0.1) is 5.69 Å². The number of nitrogens with two attached hydrogens (primary N) is 2. The van der Waals surface area contributed by atoms with Gasteiger partial charge in [0.15, 0.2) is 17.2 Å². The quantitative estimate of drug-likeness (QED) is 0.213. The molecule has 0 aliphatic rings. The standard InChI is InChI=1S/C6H7N3O3/c7-2-1-3(9-12)6(11)4(8)5(2)10/h1,10-11H,7-8H2. The van der Waals surface area contributed by atoms with Crippen LogP contribution in [0.15, 0.2) is 11.2 Å². The smallest absolute Gasteiger partial charge is 0.172 e. The van der Waals surface area contributed by atoms with Gasteiger partial charge in [0.1, 0.15) is 5.69 Å². The maximum absolute atomic E-state index is 10.0. The van der Waals surface area contributed by atoms with Crippen LogP contribution in [-0.4, -0.2) is 10.2 Å². The average molecular weight is 169 g/mol. The van der Waals surface area contributed by atoms with Crippen LogP contribution in [0.3, 0.4) is 0 Å². The predicted molar refractivity (Wildman–Crippen MR) is 44.1 cm³/mol. The summed E-state index contributed by atoms with van der Waals surface area (Å²) in [5.74, 6) is -1.00. The summed E-state index contributed by atoms with van der Waals surface area (Å²) in [6.45, 7) is 0. The first-order valence-corrected chi connectivity index (χ1v) is 3.01. The van der Waals surface area contributed by atoms with Gasteiger partial charge < -0.3 is 21.7 Å². The maximum atomic E-state index is 10.0. The molecular weight excluding hydrogens is 162 g/mol. The Morgan fingerprint density at radius 3 is 2.33 bits per heavy atom. The van der Waals surface area contributed by atoms with Gasteiger partial charge in [0, 0.05) is 0 Å². The van der Waals surface area contributed by atoms with Gasteiger partial charge in [0.2, 0.25) is 0 Å². The topological polar surface area (TPSA) is 122 Å². The molecule has 0 aromatic heterocycles. The normalized spacial score (nSPS) is 9.67.